The molecule has 134 valence electrons. The minimum Gasteiger partial charge on any atom is -0.399 e. The van der Waals surface area contributed by atoms with E-state index in [4.69, 9.17) is 13.6 Å². The van der Waals surface area contributed by atoms with Crippen LogP contribution >= 0.6 is 0 Å². The van der Waals surface area contributed by atoms with Crippen molar-refractivity contribution in [3.63, 3.8) is 0 Å². The molecule has 1 aliphatic heterocycles. The molecular formula is C21H34B2N2. The van der Waals surface area contributed by atoms with E-state index in [1.165, 1.54) is 12.4 Å². The average molecular weight is 336 g/mol. The predicted octanol–water partition coefficient (Wildman–Crippen LogP) is 5.91. The fraction of sp³-hybridized carbons (Fsp3) is 0.381. The van der Waals surface area contributed by atoms with E-state index >= 15 is 0 Å². The van der Waals surface area contributed by atoms with Gasteiger partial charge in [0, 0.05) is 12.1 Å². The van der Waals surface area contributed by atoms with E-state index in [-0.39, 0.29) is 7.43 Å². The molecule has 4 heteroatoms. The standard InChI is InChI=1S/C8H6BN.C7H9N.2C2H6.CH3B.CH4/c9-8-5-6-3-1-2-4-7(6)10-8;1-6-4-2-3-5-7(6)8;3*1-2;/h1-4H,5H2;2-5H,8H2,1H3;2*1-2H3;1H3;1H4. The summed E-state index contributed by atoms with van der Waals surface area (Å²) < 4.78 is 0. The zero-order valence-electron chi connectivity index (χ0n) is 16.0. The van der Waals surface area contributed by atoms with Crippen molar-refractivity contribution in [3.8, 4) is 0 Å². The van der Waals surface area contributed by atoms with E-state index in [2.05, 4.69) is 18.9 Å². The quantitative estimate of drug-likeness (QED) is 0.471. The van der Waals surface area contributed by atoms with Crippen molar-refractivity contribution in [2.75, 3.05) is 5.73 Å². The summed E-state index contributed by atoms with van der Waals surface area (Å²) in [6.07, 6.45) is 0.816. The van der Waals surface area contributed by atoms with Gasteiger partial charge in [0.25, 0.3) is 0 Å². The molecule has 0 spiro atoms. The Morgan fingerprint density at radius 2 is 1.36 bits per heavy atom. The van der Waals surface area contributed by atoms with Crippen LogP contribution in [0.2, 0.25) is 6.82 Å². The van der Waals surface area contributed by atoms with Gasteiger partial charge in [-0.3, -0.25) is 4.99 Å². The lowest BCUT2D eigenvalue weighted by atomic mass is 9.97. The predicted molar refractivity (Wildman–Crippen MR) is 120 cm³/mol. The van der Waals surface area contributed by atoms with E-state index in [1.807, 2.05) is 77.1 Å². The number of aryl methyl sites for hydroxylation is 1. The first-order valence-electron chi connectivity index (χ1n) is 8.46. The third-order valence-corrected chi connectivity index (χ3v) is 2.82. The van der Waals surface area contributed by atoms with Gasteiger partial charge in [-0.15, -0.1) is 0 Å². The van der Waals surface area contributed by atoms with Gasteiger partial charge < -0.3 is 5.73 Å². The molecule has 0 saturated heterocycles. The fourth-order valence-electron chi connectivity index (χ4n) is 1.75. The number of rotatable bonds is 0. The highest BCUT2D eigenvalue weighted by atomic mass is 14.8. The molecule has 1 aliphatic rings. The SMILES string of the molecule is C.CC.CC.Cc1ccccc1N.[B]C.[B]C1=Nc2ccccc2C1. The Morgan fingerprint density at radius 3 is 1.80 bits per heavy atom. The van der Waals surface area contributed by atoms with Crippen molar-refractivity contribution in [1.29, 1.82) is 0 Å². The molecule has 3 rings (SSSR count). The Kier molecular flexibility index (Phi) is 20.5. The second kappa shape index (κ2) is 18.4. The van der Waals surface area contributed by atoms with Crippen molar-refractivity contribution in [2.45, 2.75) is 55.3 Å². The van der Waals surface area contributed by atoms with E-state index in [9.17, 15) is 0 Å². The van der Waals surface area contributed by atoms with Crippen molar-refractivity contribution >= 4 is 32.7 Å². The van der Waals surface area contributed by atoms with Gasteiger partial charge in [-0.2, -0.15) is 0 Å². The number of nitrogens with zero attached hydrogens (tertiary/aromatic N) is 1. The number of anilines is 1. The van der Waals surface area contributed by atoms with Crippen LogP contribution in [-0.4, -0.2) is 21.3 Å². The largest absolute Gasteiger partial charge is 0.399 e. The number of fused-ring (bicyclic) bond motifs is 1. The average Bonchev–Trinajstić information content (AvgIpc) is 3.03. The maximum Gasteiger partial charge on any atom is 0.136 e. The number of aliphatic imine (C=N–C) groups is 1. The van der Waals surface area contributed by atoms with Crippen LogP contribution in [0.5, 0.6) is 0 Å². The van der Waals surface area contributed by atoms with Gasteiger partial charge in [0.1, 0.15) is 7.85 Å². The summed E-state index contributed by atoms with van der Waals surface area (Å²) >= 11 is 0. The topological polar surface area (TPSA) is 38.4 Å². The third-order valence-electron chi connectivity index (χ3n) is 2.82. The van der Waals surface area contributed by atoms with E-state index < -0.39 is 0 Å². The molecule has 25 heavy (non-hydrogen) atoms. The molecule has 0 bridgehead atoms. The number of para-hydroxylation sites is 2. The highest BCUT2D eigenvalue weighted by Gasteiger charge is 2.07. The molecule has 0 amide bonds. The van der Waals surface area contributed by atoms with Crippen molar-refractivity contribution in [1.82, 2.24) is 0 Å². The molecular weight excluding hydrogens is 302 g/mol. The second-order valence-electron chi connectivity index (χ2n) is 4.27. The maximum absolute atomic E-state index is 5.54. The van der Waals surface area contributed by atoms with Crippen LogP contribution in [0, 0.1) is 6.92 Å². The normalized spacial score (nSPS) is 9.44. The van der Waals surface area contributed by atoms with Gasteiger partial charge in [-0.25, -0.2) is 0 Å². The minimum absolute atomic E-state index is 0. The Hall–Kier alpha value is -1.96. The molecule has 2 aromatic rings. The third kappa shape index (κ3) is 11.3. The Bertz CT molecular complexity index is 561. The second-order valence-corrected chi connectivity index (χ2v) is 4.27. The van der Waals surface area contributed by atoms with Gasteiger partial charge in [0.2, 0.25) is 0 Å². The van der Waals surface area contributed by atoms with E-state index in [0.29, 0.717) is 0 Å². The molecule has 0 aliphatic carbocycles. The van der Waals surface area contributed by atoms with Crippen molar-refractivity contribution in [3.05, 3.63) is 59.7 Å². The summed E-state index contributed by atoms with van der Waals surface area (Å²) in [5.41, 5.74) is 10.5. The highest BCUT2D eigenvalue weighted by Crippen LogP contribution is 2.24. The molecule has 0 fully saturated rings. The number of hydrogen-bond donors (Lipinski definition) is 1. The van der Waals surface area contributed by atoms with Gasteiger partial charge in [0.15, 0.2) is 0 Å². The Morgan fingerprint density at radius 1 is 0.880 bits per heavy atom. The summed E-state index contributed by atoms with van der Waals surface area (Å²) in [6.45, 7) is 11.5. The van der Waals surface area contributed by atoms with E-state index in [1.54, 1.807) is 0 Å². The Labute approximate surface area is 158 Å². The van der Waals surface area contributed by atoms with Crippen LogP contribution in [0.15, 0.2) is 53.5 Å². The first-order chi connectivity index (χ1) is 11.7. The first-order valence-corrected chi connectivity index (χ1v) is 8.46. The van der Waals surface area contributed by atoms with Gasteiger partial charge in [0.05, 0.1) is 13.5 Å². The number of nitrogen functional groups attached to an aromatic ring is 1. The van der Waals surface area contributed by atoms with Crippen LogP contribution in [0.3, 0.4) is 0 Å². The lowest BCUT2D eigenvalue weighted by Gasteiger charge is -1.93. The molecule has 4 radical (unpaired) electrons. The minimum atomic E-state index is 0. The number of benzene rings is 2. The zero-order valence-corrected chi connectivity index (χ0v) is 16.0. The molecule has 2 N–H and O–H groups in total. The van der Waals surface area contributed by atoms with E-state index in [0.717, 1.165) is 29.0 Å². The van der Waals surface area contributed by atoms with Crippen molar-refractivity contribution in [2.24, 2.45) is 4.99 Å². The van der Waals surface area contributed by atoms with Crippen LogP contribution in [-0.2, 0) is 6.42 Å². The molecule has 0 saturated carbocycles. The summed E-state index contributed by atoms with van der Waals surface area (Å²) in [4.78, 5) is 4.15. The number of hydrogen-bond acceptors (Lipinski definition) is 2. The first kappa shape index (κ1) is 27.9. The Balaban J connectivity index is -0.000000294. The van der Waals surface area contributed by atoms with Gasteiger partial charge in [-0.1, -0.05) is 78.3 Å². The monoisotopic (exact) mass is 336 g/mol. The zero-order chi connectivity index (χ0) is 19.0. The van der Waals surface area contributed by atoms with Crippen molar-refractivity contribution < 1.29 is 0 Å². The van der Waals surface area contributed by atoms with Crippen LogP contribution in [0.1, 0.15) is 46.2 Å². The molecule has 2 aromatic carbocycles. The van der Waals surface area contributed by atoms with Gasteiger partial charge >= 0.3 is 0 Å². The molecule has 0 atom stereocenters. The van der Waals surface area contributed by atoms with Crippen LogP contribution < -0.4 is 5.73 Å². The highest BCUT2D eigenvalue weighted by molar-refractivity contribution is 6.60. The molecule has 0 aromatic heterocycles. The van der Waals surface area contributed by atoms with Crippen LogP contribution in [0.25, 0.3) is 0 Å². The molecule has 0 unspecified atom stereocenters. The van der Waals surface area contributed by atoms with Crippen LogP contribution in [0.4, 0.5) is 11.4 Å². The summed E-state index contributed by atoms with van der Waals surface area (Å²) in [7, 11) is 10.0. The summed E-state index contributed by atoms with van der Waals surface area (Å²) in [5, 5.41) is 0. The maximum atomic E-state index is 5.54. The fourth-order valence-corrected chi connectivity index (χ4v) is 1.75. The number of nitrogens with two attached hydrogens (primary N) is 1. The summed E-state index contributed by atoms with van der Waals surface area (Å²) in [5.74, 6) is 0. The van der Waals surface area contributed by atoms with Gasteiger partial charge in [-0.05, 0) is 35.8 Å². The smallest absolute Gasteiger partial charge is 0.136 e. The molecule has 1 heterocycles. The lowest BCUT2D eigenvalue weighted by Crippen LogP contribution is -1.94. The molecule has 2 nitrogen and oxygen atoms in total. The summed E-state index contributed by atoms with van der Waals surface area (Å²) in [6, 6.07) is 15.8. The lowest BCUT2D eigenvalue weighted by molar-refractivity contribution is 1.41.